The first kappa shape index (κ1) is 16.1. The number of ketones is 1. The zero-order chi connectivity index (χ0) is 17.6. The van der Waals surface area contributed by atoms with Gasteiger partial charge in [0.2, 0.25) is 0 Å². The lowest BCUT2D eigenvalue weighted by molar-refractivity contribution is -0.384. The van der Waals surface area contributed by atoms with Crippen molar-refractivity contribution in [1.82, 2.24) is 4.90 Å². The van der Waals surface area contributed by atoms with Gasteiger partial charge in [-0.15, -0.1) is 0 Å². The normalized spacial score (nSPS) is 25.2. The smallest absolute Gasteiger partial charge is 0.274 e. The minimum absolute atomic E-state index is 0.0420. The van der Waals surface area contributed by atoms with E-state index in [4.69, 9.17) is 9.15 Å². The minimum atomic E-state index is -0.482. The summed E-state index contributed by atoms with van der Waals surface area (Å²) in [5.74, 6) is 1.48. The van der Waals surface area contributed by atoms with Gasteiger partial charge in [-0.25, -0.2) is 0 Å². The zero-order valence-electron chi connectivity index (χ0n) is 14.1. The Kier molecular flexibility index (Phi) is 3.95. The van der Waals surface area contributed by atoms with Crippen LogP contribution in [0.25, 0.3) is 11.0 Å². The van der Waals surface area contributed by atoms with E-state index in [9.17, 15) is 14.9 Å². The number of ether oxygens (including phenoxy) is 1. The van der Waals surface area contributed by atoms with Gasteiger partial charge in [-0.1, -0.05) is 0 Å². The summed E-state index contributed by atoms with van der Waals surface area (Å²) in [6.07, 6.45) is 2.79. The molecule has 4 heterocycles. The molecule has 1 aromatic heterocycles. The van der Waals surface area contributed by atoms with Crippen LogP contribution < -0.4 is 4.74 Å². The molecular weight excluding hydrogens is 324 g/mol. The fraction of sp³-hybridized carbons (Fsp3) is 0.500. The molecule has 1 atom stereocenters. The first-order valence-electron chi connectivity index (χ1n) is 8.56. The topological polar surface area (TPSA) is 85.8 Å². The number of methoxy groups -OCH3 is 1. The summed E-state index contributed by atoms with van der Waals surface area (Å²) in [4.78, 5) is 25.7. The van der Waals surface area contributed by atoms with Gasteiger partial charge in [0.25, 0.3) is 5.69 Å². The van der Waals surface area contributed by atoms with Crippen molar-refractivity contribution in [3.05, 3.63) is 34.1 Å². The van der Waals surface area contributed by atoms with Crippen LogP contribution in [0, 0.1) is 22.0 Å². The molecule has 1 aromatic carbocycles. The number of carbonyl (C=O) groups excluding carboxylic acids is 1. The van der Waals surface area contributed by atoms with Crippen LogP contribution in [0.5, 0.6) is 5.75 Å². The lowest BCUT2D eigenvalue weighted by atomic mass is 9.76. The number of nitro benzene ring substituents is 1. The van der Waals surface area contributed by atoms with Crippen molar-refractivity contribution in [2.75, 3.05) is 26.7 Å². The molecule has 25 heavy (non-hydrogen) atoms. The molecule has 132 valence electrons. The molecule has 0 aliphatic carbocycles. The number of furan rings is 1. The Hall–Kier alpha value is -2.41. The number of non-ortho nitro benzene ring substituents is 1. The number of Topliss-reactive ketones (excluding diaryl/α,β-unsaturated/α-hetero) is 1. The highest BCUT2D eigenvalue weighted by molar-refractivity contribution is 5.99. The van der Waals surface area contributed by atoms with Crippen molar-refractivity contribution in [1.29, 1.82) is 0 Å². The highest BCUT2D eigenvalue weighted by Crippen LogP contribution is 2.37. The standard InChI is InChI=1S/C18H20N2O5/c1-24-17-9-14(20(22)23)6-12-8-16(25-18(12)17)15(21)7-13-10-19-4-2-11(13)3-5-19/h6,8-9,11,13H,2-5,7,10H2,1H3/t13-/m0/s1. The molecule has 0 amide bonds. The van der Waals surface area contributed by atoms with E-state index in [1.807, 2.05) is 0 Å². The van der Waals surface area contributed by atoms with Crippen LogP contribution in [0.3, 0.4) is 0 Å². The Morgan fingerprint density at radius 3 is 2.72 bits per heavy atom. The highest BCUT2D eigenvalue weighted by Gasteiger charge is 2.35. The third-order valence-electron chi connectivity index (χ3n) is 5.51. The molecule has 7 heteroatoms. The number of nitro groups is 1. The highest BCUT2D eigenvalue weighted by atomic mass is 16.6. The lowest BCUT2D eigenvalue weighted by Crippen LogP contribution is -2.47. The number of piperidine rings is 3. The van der Waals surface area contributed by atoms with Crippen LogP contribution >= 0.6 is 0 Å². The summed E-state index contributed by atoms with van der Waals surface area (Å²) in [7, 11) is 1.43. The molecule has 0 radical (unpaired) electrons. The number of carbonyl (C=O) groups is 1. The van der Waals surface area contributed by atoms with Gasteiger partial charge in [-0.3, -0.25) is 14.9 Å². The molecule has 2 bridgehead atoms. The van der Waals surface area contributed by atoms with Gasteiger partial charge in [0.05, 0.1) is 18.1 Å². The van der Waals surface area contributed by atoms with Crippen molar-refractivity contribution in [3.63, 3.8) is 0 Å². The average molecular weight is 344 g/mol. The lowest BCUT2D eigenvalue weighted by Gasteiger charge is -2.44. The van der Waals surface area contributed by atoms with Crippen molar-refractivity contribution < 1.29 is 18.9 Å². The van der Waals surface area contributed by atoms with Crippen molar-refractivity contribution in [2.24, 2.45) is 11.8 Å². The van der Waals surface area contributed by atoms with E-state index in [2.05, 4.69) is 4.90 Å². The Balaban J connectivity index is 1.60. The molecular formula is C18H20N2O5. The van der Waals surface area contributed by atoms with E-state index >= 15 is 0 Å². The van der Waals surface area contributed by atoms with E-state index in [1.54, 1.807) is 6.07 Å². The predicted molar refractivity (Wildman–Crippen MR) is 91.0 cm³/mol. The summed E-state index contributed by atoms with van der Waals surface area (Å²) >= 11 is 0. The Morgan fingerprint density at radius 2 is 2.12 bits per heavy atom. The summed E-state index contributed by atoms with van der Waals surface area (Å²) in [6.45, 7) is 3.26. The first-order valence-corrected chi connectivity index (χ1v) is 8.56. The first-order chi connectivity index (χ1) is 12.0. The maximum Gasteiger partial charge on any atom is 0.274 e. The fourth-order valence-electron chi connectivity index (χ4n) is 4.16. The van der Waals surface area contributed by atoms with Crippen molar-refractivity contribution in [2.45, 2.75) is 19.3 Å². The van der Waals surface area contributed by atoms with Gasteiger partial charge in [0.1, 0.15) is 0 Å². The third kappa shape index (κ3) is 2.89. The molecule has 3 saturated heterocycles. The van der Waals surface area contributed by atoms with E-state index in [0.717, 1.165) is 32.5 Å². The van der Waals surface area contributed by atoms with Crippen LogP contribution in [0.15, 0.2) is 22.6 Å². The Bertz CT molecular complexity index is 835. The maximum absolute atomic E-state index is 12.7. The van der Waals surface area contributed by atoms with E-state index in [-0.39, 0.29) is 23.0 Å². The van der Waals surface area contributed by atoms with Crippen LogP contribution in [-0.2, 0) is 0 Å². The number of hydrogen-bond donors (Lipinski definition) is 0. The largest absolute Gasteiger partial charge is 0.493 e. The molecule has 0 saturated carbocycles. The molecule has 3 aliphatic rings. The number of nitrogens with zero attached hydrogens (tertiary/aromatic N) is 2. The van der Waals surface area contributed by atoms with Gasteiger partial charge in [0, 0.05) is 24.4 Å². The average Bonchev–Trinajstić information content (AvgIpc) is 3.06. The molecule has 3 fully saturated rings. The quantitative estimate of drug-likeness (QED) is 0.470. The van der Waals surface area contributed by atoms with Crippen LogP contribution in [-0.4, -0.2) is 42.4 Å². The molecule has 5 rings (SSSR count). The fourth-order valence-corrected chi connectivity index (χ4v) is 4.16. The summed E-state index contributed by atoms with van der Waals surface area (Å²) in [5, 5.41) is 11.6. The predicted octanol–water partition coefficient (Wildman–Crippen LogP) is 3.26. The summed E-state index contributed by atoms with van der Waals surface area (Å²) in [6, 6.07) is 4.31. The molecule has 2 aromatic rings. The second kappa shape index (κ2) is 6.15. The van der Waals surface area contributed by atoms with E-state index in [0.29, 0.717) is 29.2 Å². The van der Waals surface area contributed by atoms with Gasteiger partial charge in [-0.05, 0) is 43.8 Å². The van der Waals surface area contributed by atoms with Crippen LogP contribution in [0.1, 0.15) is 29.8 Å². The van der Waals surface area contributed by atoms with Gasteiger partial charge in [-0.2, -0.15) is 0 Å². The number of benzene rings is 1. The second-order valence-electron chi connectivity index (χ2n) is 6.96. The molecule has 3 aliphatic heterocycles. The van der Waals surface area contributed by atoms with Gasteiger partial charge < -0.3 is 14.1 Å². The summed E-state index contributed by atoms with van der Waals surface area (Å²) < 4.78 is 10.9. The van der Waals surface area contributed by atoms with Gasteiger partial charge >= 0.3 is 0 Å². The molecule has 7 nitrogen and oxygen atoms in total. The van der Waals surface area contributed by atoms with E-state index in [1.165, 1.54) is 19.2 Å². The number of hydrogen-bond acceptors (Lipinski definition) is 6. The third-order valence-corrected chi connectivity index (χ3v) is 5.51. The van der Waals surface area contributed by atoms with Crippen molar-refractivity contribution >= 4 is 22.4 Å². The van der Waals surface area contributed by atoms with Crippen LogP contribution in [0.4, 0.5) is 5.69 Å². The monoisotopic (exact) mass is 344 g/mol. The molecule has 0 unspecified atom stereocenters. The van der Waals surface area contributed by atoms with Crippen LogP contribution in [0.2, 0.25) is 0 Å². The van der Waals surface area contributed by atoms with Gasteiger partial charge in [0.15, 0.2) is 22.9 Å². The van der Waals surface area contributed by atoms with E-state index < -0.39 is 4.92 Å². The molecule has 0 N–H and O–H groups in total. The number of fused-ring (bicyclic) bond motifs is 4. The Labute approximate surface area is 144 Å². The van der Waals surface area contributed by atoms with Crippen molar-refractivity contribution in [3.8, 4) is 5.75 Å². The zero-order valence-corrected chi connectivity index (χ0v) is 14.1. The summed E-state index contributed by atoms with van der Waals surface area (Å²) in [5.41, 5.74) is 0.298. The minimum Gasteiger partial charge on any atom is -0.493 e. The number of rotatable bonds is 5. The second-order valence-corrected chi connectivity index (χ2v) is 6.96. The maximum atomic E-state index is 12.7. The Morgan fingerprint density at radius 1 is 1.36 bits per heavy atom. The molecule has 0 spiro atoms. The SMILES string of the molecule is COc1cc([N+](=O)[O-])cc2cc(C(=O)C[C@H]3CN4CCC3CC4)oc12.